The second-order valence-electron chi connectivity index (χ2n) is 5.22. The minimum Gasteiger partial charge on any atom is -0.468 e. The number of halogens is 1. The van der Waals surface area contributed by atoms with Crippen molar-refractivity contribution < 1.29 is 4.42 Å². The van der Waals surface area contributed by atoms with Crippen LogP contribution in [0.4, 0.5) is 0 Å². The molecular weight excluding hydrogens is 290 g/mol. The Kier molecular flexibility index (Phi) is 5.58. The topological polar surface area (TPSA) is 25.2 Å². The zero-order valence-electron chi connectivity index (χ0n) is 12.1. The molecular formula is C16H20ClNOS. The average molecular weight is 310 g/mol. The first kappa shape index (κ1) is 15.5. The summed E-state index contributed by atoms with van der Waals surface area (Å²) >= 11 is 7.84. The highest BCUT2D eigenvalue weighted by Crippen LogP contribution is 2.34. The lowest BCUT2D eigenvalue weighted by atomic mass is 10.2. The molecule has 0 radical (unpaired) electrons. The van der Waals surface area contributed by atoms with Crippen molar-refractivity contribution in [3.63, 3.8) is 0 Å². The van der Waals surface area contributed by atoms with E-state index >= 15 is 0 Å². The minimum atomic E-state index is 0.640. The van der Waals surface area contributed by atoms with Crippen LogP contribution < -0.4 is 5.32 Å². The highest BCUT2D eigenvalue weighted by atomic mass is 35.5. The number of benzene rings is 1. The third-order valence-corrected chi connectivity index (χ3v) is 4.42. The molecule has 2 nitrogen and oxygen atoms in total. The Labute approximate surface area is 129 Å². The predicted molar refractivity (Wildman–Crippen MR) is 85.6 cm³/mol. The van der Waals surface area contributed by atoms with E-state index in [1.54, 1.807) is 18.0 Å². The van der Waals surface area contributed by atoms with Crippen LogP contribution in [0.5, 0.6) is 0 Å². The molecule has 0 bridgehead atoms. The van der Waals surface area contributed by atoms with Crippen molar-refractivity contribution in [1.82, 2.24) is 5.32 Å². The number of rotatable bonds is 6. The highest BCUT2D eigenvalue weighted by molar-refractivity contribution is 7.99. The van der Waals surface area contributed by atoms with E-state index in [4.69, 9.17) is 16.0 Å². The largest absolute Gasteiger partial charge is 0.468 e. The van der Waals surface area contributed by atoms with Crippen LogP contribution in [0.2, 0.25) is 5.02 Å². The Morgan fingerprint density at radius 3 is 2.70 bits per heavy atom. The number of nitrogens with one attached hydrogen (secondary N) is 1. The van der Waals surface area contributed by atoms with Gasteiger partial charge in [0.1, 0.15) is 5.76 Å². The third kappa shape index (κ3) is 4.30. The van der Waals surface area contributed by atoms with E-state index in [9.17, 15) is 0 Å². The molecule has 4 heteroatoms. The Balaban J connectivity index is 2.13. The molecule has 0 fully saturated rings. The van der Waals surface area contributed by atoms with Gasteiger partial charge in [0.15, 0.2) is 0 Å². The van der Waals surface area contributed by atoms with Gasteiger partial charge in [-0.1, -0.05) is 37.2 Å². The molecule has 20 heavy (non-hydrogen) atoms. The summed E-state index contributed by atoms with van der Waals surface area (Å²) in [5.41, 5.74) is 1.23. The quantitative estimate of drug-likeness (QED) is 0.800. The normalized spacial score (nSPS) is 11.2. The maximum Gasteiger partial charge on any atom is 0.114 e. The fourth-order valence-corrected chi connectivity index (χ4v) is 3.02. The first-order valence-electron chi connectivity index (χ1n) is 6.77. The van der Waals surface area contributed by atoms with E-state index in [0.717, 1.165) is 28.8 Å². The van der Waals surface area contributed by atoms with Crippen molar-refractivity contribution in [1.29, 1.82) is 0 Å². The van der Waals surface area contributed by atoms with E-state index in [1.165, 1.54) is 10.5 Å². The van der Waals surface area contributed by atoms with Gasteiger partial charge >= 0.3 is 0 Å². The van der Waals surface area contributed by atoms with Crippen molar-refractivity contribution in [2.75, 3.05) is 6.54 Å². The number of hydrogen-bond acceptors (Lipinski definition) is 3. The predicted octanol–water partition coefficient (Wildman–Crippen LogP) is 5.14. The summed E-state index contributed by atoms with van der Waals surface area (Å²) in [7, 11) is 0. The summed E-state index contributed by atoms with van der Waals surface area (Å²) in [6.45, 7) is 8.22. The van der Waals surface area contributed by atoms with Crippen molar-refractivity contribution in [3.05, 3.63) is 46.9 Å². The van der Waals surface area contributed by atoms with E-state index in [1.807, 2.05) is 25.1 Å². The van der Waals surface area contributed by atoms with Gasteiger partial charge in [0.2, 0.25) is 0 Å². The SMILES string of the molecule is Cc1occc1Sc1ccc(Cl)cc1CNCC(C)C. The van der Waals surface area contributed by atoms with Crippen LogP contribution >= 0.6 is 23.4 Å². The third-order valence-electron chi connectivity index (χ3n) is 2.92. The Hall–Kier alpha value is -0.900. The minimum absolute atomic E-state index is 0.640. The number of furan rings is 1. The lowest BCUT2D eigenvalue weighted by Crippen LogP contribution is -2.19. The van der Waals surface area contributed by atoms with Gasteiger partial charge in [0.05, 0.1) is 11.2 Å². The smallest absolute Gasteiger partial charge is 0.114 e. The molecule has 1 N–H and O–H groups in total. The van der Waals surface area contributed by atoms with Gasteiger partial charge in [-0.05, 0) is 49.2 Å². The molecule has 0 aliphatic carbocycles. The van der Waals surface area contributed by atoms with Gasteiger partial charge in [-0.15, -0.1) is 0 Å². The van der Waals surface area contributed by atoms with Crippen molar-refractivity contribution in [2.24, 2.45) is 5.92 Å². The van der Waals surface area contributed by atoms with Gasteiger partial charge < -0.3 is 9.73 Å². The van der Waals surface area contributed by atoms with Crippen LogP contribution in [0.3, 0.4) is 0 Å². The molecule has 1 aromatic heterocycles. The first-order valence-corrected chi connectivity index (χ1v) is 7.97. The summed E-state index contributed by atoms with van der Waals surface area (Å²) in [5, 5.41) is 4.24. The van der Waals surface area contributed by atoms with Crippen molar-refractivity contribution in [2.45, 2.75) is 37.1 Å². The van der Waals surface area contributed by atoms with E-state index in [-0.39, 0.29) is 0 Å². The van der Waals surface area contributed by atoms with Crippen LogP contribution in [-0.4, -0.2) is 6.54 Å². The van der Waals surface area contributed by atoms with Crippen LogP contribution in [0.25, 0.3) is 0 Å². The maximum atomic E-state index is 6.12. The van der Waals surface area contributed by atoms with Crippen molar-refractivity contribution in [3.8, 4) is 0 Å². The Morgan fingerprint density at radius 1 is 1.25 bits per heavy atom. The summed E-state index contributed by atoms with van der Waals surface area (Å²) in [4.78, 5) is 2.37. The van der Waals surface area contributed by atoms with Gasteiger partial charge in [0.25, 0.3) is 0 Å². The zero-order valence-corrected chi connectivity index (χ0v) is 13.6. The van der Waals surface area contributed by atoms with Gasteiger partial charge in [-0.3, -0.25) is 0 Å². The van der Waals surface area contributed by atoms with Crippen LogP contribution in [0.15, 0.2) is 44.7 Å². The standard InChI is InChI=1S/C16H20ClNOS/c1-11(2)9-18-10-13-8-14(17)4-5-16(13)20-15-6-7-19-12(15)3/h4-8,11,18H,9-10H2,1-3H3. The van der Waals surface area contributed by atoms with Gasteiger partial charge in [0, 0.05) is 16.5 Å². The lowest BCUT2D eigenvalue weighted by Gasteiger charge is -2.12. The molecule has 0 aliphatic rings. The summed E-state index contributed by atoms with van der Waals surface area (Å²) < 4.78 is 5.35. The maximum absolute atomic E-state index is 6.12. The van der Waals surface area contributed by atoms with E-state index < -0.39 is 0 Å². The van der Waals surface area contributed by atoms with Gasteiger partial charge in [-0.25, -0.2) is 0 Å². The second kappa shape index (κ2) is 7.21. The molecule has 2 rings (SSSR count). The van der Waals surface area contributed by atoms with Crippen LogP contribution in [0.1, 0.15) is 25.2 Å². The van der Waals surface area contributed by atoms with Crippen LogP contribution in [-0.2, 0) is 6.54 Å². The summed E-state index contributed by atoms with van der Waals surface area (Å²) in [5.74, 6) is 1.59. The molecule has 0 unspecified atom stereocenters. The Morgan fingerprint density at radius 2 is 2.05 bits per heavy atom. The number of hydrogen-bond donors (Lipinski definition) is 1. The van der Waals surface area contributed by atoms with Crippen molar-refractivity contribution >= 4 is 23.4 Å². The molecule has 1 aromatic carbocycles. The zero-order chi connectivity index (χ0) is 14.5. The second-order valence-corrected chi connectivity index (χ2v) is 6.74. The molecule has 0 atom stereocenters. The molecule has 0 spiro atoms. The molecule has 0 saturated heterocycles. The van der Waals surface area contributed by atoms with E-state index in [2.05, 4.69) is 25.2 Å². The summed E-state index contributed by atoms with van der Waals surface area (Å²) in [6, 6.07) is 8.05. The first-order chi connectivity index (χ1) is 9.56. The molecule has 0 aliphatic heterocycles. The fourth-order valence-electron chi connectivity index (χ4n) is 1.88. The highest BCUT2D eigenvalue weighted by Gasteiger charge is 2.09. The Bertz CT molecular complexity index is 565. The molecule has 2 aromatic rings. The average Bonchev–Trinajstić information content (AvgIpc) is 2.78. The monoisotopic (exact) mass is 309 g/mol. The molecule has 0 amide bonds. The molecule has 0 saturated carbocycles. The lowest BCUT2D eigenvalue weighted by molar-refractivity contribution is 0.527. The molecule has 1 heterocycles. The summed E-state index contributed by atoms with van der Waals surface area (Å²) in [6.07, 6.45) is 1.73. The van der Waals surface area contributed by atoms with Crippen LogP contribution in [0, 0.1) is 12.8 Å². The van der Waals surface area contributed by atoms with Gasteiger partial charge in [-0.2, -0.15) is 0 Å². The number of aryl methyl sites for hydroxylation is 1. The van der Waals surface area contributed by atoms with E-state index in [0.29, 0.717) is 5.92 Å². The fraction of sp³-hybridized carbons (Fsp3) is 0.375. The molecule has 108 valence electrons.